The molecule has 0 aromatic carbocycles. The van der Waals surface area contributed by atoms with Crippen LogP contribution in [0.15, 0.2) is 5.38 Å². The van der Waals surface area contributed by atoms with Crippen molar-refractivity contribution in [1.82, 2.24) is 14.8 Å². The monoisotopic (exact) mass is 295 g/mol. The van der Waals surface area contributed by atoms with Crippen molar-refractivity contribution in [1.29, 1.82) is 0 Å². The lowest BCUT2D eigenvalue weighted by molar-refractivity contribution is 0.0372. The predicted octanol–water partition coefficient (Wildman–Crippen LogP) is 1.15. The van der Waals surface area contributed by atoms with Gasteiger partial charge in [-0.25, -0.2) is 9.78 Å². The molecule has 1 atom stereocenters. The van der Waals surface area contributed by atoms with Crippen LogP contribution in [-0.4, -0.2) is 64.0 Å². The standard InChI is InChI=1S/C13H17N3O3S/c17-12(11-14-10(8-20-11)13(18)19)16-6-5-15-4-2-1-3-9(15)7-16/h8-9H,1-7H2,(H,18,19). The molecule has 7 heteroatoms. The summed E-state index contributed by atoms with van der Waals surface area (Å²) in [4.78, 5) is 31.4. The highest BCUT2D eigenvalue weighted by atomic mass is 32.1. The SMILES string of the molecule is O=C(O)c1csc(C(=O)N2CCN3CCCCC3C2)n1. The summed E-state index contributed by atoms with van der Waals surface area (Å²) in [7, 11) is 0. The Bertz CT molecular complexity index is 531. The number of fused-ring (bicyclic) bond motifs is 1. The molecule has 0 aliphatic carbocycles. The van der Waals surface area contributed by atoms with Crippen LogP contribution >= 0.6 is 11.3 Å². The molecule has 3 rings (SSSR count). The van der Waals surface area contributed by atoms with Crippen LogP contribution in [0.3, 0.4) is 0 Å². The van der Waals surface area contributed by atoms with Crippen LogP contribution in [0.2, 0.25) is 0 Å². The molecule has 0 spiro atoms. The molecule has 1 aromatic heterocycles. The average Bonchev–Trinajstić information content (AvgIpc) is 2.96. The minimum absolute atomic E-state index is 0.0466. The van der Waals surface area contributed by atoms with E-state index in [4.69, 9.17) is 5.11 Å². The molecule has 2 aliphatic rings. The number of aromatic carboxylic acids is 1. The Kier molecular flexibility index (Phi) is 3.71. The van der Waals surface area contributed by atoms with Crippen molar-refractivity contribution in [2.75, 3.05) is 26.2 Å². The van der Waals surface area contributed by atoms with Gasteiger partial charge >= 0.3 is 5.97 Å². The number of carbonyl (C=O) groups is 2. The molecule has 2 saturated heterocycles. The van der Waals surface area contributed by atoms with E-state index in [2.05, 4.69) is 9.88 Å². The van der Waals surface area contributed by atoms with Crippen molar-refractivity contribution < 1.29 is 14.7 Å². The summed E-state index contributed by atoms with van der Waals surface area (Å²) in [6, 6.07) is 0.459. The maximum atomic E-state index is 12.4. The Morgan fingerprint density at radius 1 is 1.30 bits per heavy atom. The number of nitrogens with zero attached hydrogens (tertiary/aromatic N) is 3. The van der Waals surface area contributed by atoms with Crippen molar-refractivity contribution in [3.05, 3.63) is 16.1 Å². The van der Waals surface area contributed by atoms with Gasteiger partial charge in [-0.05, 0) is 19.4 Å². The number of carboxylic acid groups (broad SMARTS) is 1. The highest BCUT2D eigenvalue weighted by Gasteiger charge is 2.32. The third-order valence-electron chi connectivity index (χ3n) is 4.03. The summed E-state index contributed by atoms with van der Waals surface area (Å²) >= 11 is 1.11. The van der Waals surface area contributed by atoms with Gasteiger partial charge in [0.15, 0.2) is 10.7 Å². The molecule has 0 saturated carbocycles. The Hall–Kier alpha value is -1.47. The zero-order valence-electron chi connectivity index (χ0n) is 11.1. The number of hydrogen-bond donors (Lipinski definition) is 1. The van der Waals surface area contributed by atoms with Crippen molar-refractivity contribution >= 4 is 23.2 Å². The van der Waals surface area contributed by atoms with Crippen LogP contribution in [-0.2, 0) is 0 Å². The van der Waals surface area contributed by atoms with E-state index in [9.17, 15) is 9.59 Å². The lowest BCUT2D eigenvalue weighted by Crippen LogP contribution is -2.56. The zero-order valence-corrected chi connectivity index (χ0v) is 11.9. The smallest absolute Gasteiger partial charge is 0.355 e. The molecular formula is C13H17N3O3S. The lowest BCUT2D eigenvalue weighted by Gasteiger charge is -2.43. The number of amides is 1. The van der Waals surface area contributed by atoms with Gasteiger partial charge in [-0.3, -0.25) is 9.69 Å². The van der Waals surface area contributed by atoms with Gasteiger partial charge in [-0.1, -0.05) is 6.42 Å². The molecule has 108 valence electrons. The number of hydrogen-bond acceptors (Lipinski definition) is 5. The Balaban J connectivity index is 1.69. The number of piperazine rings is 1. The van der Waals surface area contributed by atoms with Gasteiger partial charge in [-0.2, -0.15) is 0 Å². The van der Waals surface area contributed by atoms with Crippen molar-refractivity contribution in [3.63, 3.8) is 0 Å². The average molecular weight is 295 g/mol. The van der Waals surface area contributed by atoms with Crippen LogP contribution in [0.25, 0.3) is 0 Å². The van der Waals surface area contributed by atoms with Gasteiger partial charge in [0.1, 0.15) is 0 Å². The molecule has 1 amide bonds. The fourth-order valence-electron chi connectivity index (χ4n) is 2.95. The van der Waals surface area contributed by atoms with Gasteiger partial charge in [0, 0.05) is 31.1 Å². The minimum atomic E-state index is -1.09. The maximum absolute atomic E-state index is 12.4. The van der Waals surface area contributed by atoms with E-state index < -0.39 is 5.97 Å². The largest absolute Gasteiger partial charge is 0.476 e. The summed E-state index contributed by atoms with van der Waals surface area (Å²) in [5.41, 5.74) is -0.0466. The lowest BCUT2D eigenvalue weighted by atomic mass is 9.99. The van der Waals surface area contributed by atoms with E-state index in [0.717, 1.165) is 37.4 Å². The molecule has 2 fully saturated rings. The summed E-state index contributed by atoms with van der Waals surface area (Å²) in [6.07, 6.45) is 3.62. The van der Waals surface area contributed by atoms with E-state index in [1.807, 2.05) is 4.90 Å². The Morgan fingerprint density at radius 2 is 2.15 bits per heavy atom. The number of piperidine rings is 1. The summed E-state index contributed by atoms with van der Waals surface area (Å²) in [5, 5.41) is 10.6. The van der Waals surface area contributed by atoms with Crippen molar-refractivity contribution in [2.45, 2.75) is 25.3 Å². The van der Waals surface area contributed by atoms with Crippen molar-refractivity contribution in [3.8, 4) is 0 Å². The molecule has 0 radical (unpaired) electrons. The highest BCUT2D eigenvalue weighted by molar-refractivity contribution is 7.11. The molecule has 2 aliphatic heterocycles. The van der Waals surface area contributed by atoms with Gasteiger partial charge < -0.3 is 10.0 Å². The fraction of sp³-hybridized carbons (Fsp3) is 0.615. The van der Waals surface area contributed by atoms with E-state index in [-0.39, 0.29) is 16.6 Å². The van der Waals surface area contributed by atoms with Gasteiger partial charge in [0.25, 0.3) is 5.91 Å². The predicted molar refractivity (Wildman–Crippen MR) is 74.2 cm³/mol. The number of thiazole rings is 1. The number of carboxylic acids is 1. The molecule has 6 nitrogen and oxygen atoms in total. The third-order valence-corrected chi connectivity index (χ3v) is 4.86. The Morgan fingerprint density at radius 3 is 2.90 bits per heavy atom. The second-order valence-electron chi connectivity index (χ2n) is 5.28. The topological polar surface area (TPSA) is 73.7 Å². The quantitative estimate of drug-likeness (QED) is 0.886. The first-order valence-corrected chi connectivity index (χ1v) is 7.75. The minimum Gasteiger partial charge on any atom is -0.476 e. The Labute approximate surface area is 121 Å². The third kappa shape index (κ3) is 2.55. The molecule has 20 heavy (non-hydrogen) atoms. The molecule has 1 unspecified atom stereocenters. The van der Waals surface area contributed by atoms with Crippen LogP contribution in [0.4, 0.5) is 0 Å². The second kappa shape index (κ2) is 5.49. The summed E-state index contributed by atoms with van der Waals surface area (Å²) < 4.78 is 0. The molecule has 3 heterocycles. The first-order valence-electron chi connectivity index (χ1n) is 6.87. The van der Waals surface area contributed by atoms with Crippen molar-refractivity contribution in [2.24, 2.45) is 0 Å². The first kappa shape index (κ1) is 13.5. The van der Waals surface area contributed by atoms with E-state index in [1.165, 1.54) is 18.2 Å². The van der Waals surface area contributed by atoms with Gasteiger partial charge in [0.05, 0.1) is 0 Å². The highest BCUT2D eigenvalue weighted by Crippen LogP contribution is 2.22. The van der Waals surface area contributed by atoms with E-state index in [0.29, 0.717) is 12.6 Å². The maximum Gasteiger partial charge on any atom is 0.355 e. The molecular weight excluding hydrogens is 278 g/mol. The summed E-state index contributed by atoms with van der Waals surface area (Å²) in [5.74, 6) is -1.22. The van der Waals surface area contributed by atoms with Gasteiger partial charge in [0.2, 0.25) is 0 Å². The number of aromatic nitrogens is 1. The fourth-order valence-corrected chi connectivity index (χ4v) is 3.70. The van der Waals surface area contributed by atoms with Gasteiger partial charge in [-0.15, -0.1) is 11.3 Å². The molecule has 1 N–H and O–H groups in total. The molecule has 1 aromatic rings. The zero-order chi connectivity index (χ0) is 14.1. The normalized spacial score (nSPS) is 23.4. The van der Waals surface area contributed by atoms with Crippen LogP contribution in [0.1, 0.15) is 39.6 Å². The van der Waals surface area contributed by atoms with Crippen LogP contribution < -0.4 is 0 Å². The van der Waals surface area contributed by atoms with E-state index in [1.54, 1.807) is 0 Å². The van der Waals surface area contributed by atoms with E-state index >= 15 is 0 Å². The van der Waals surface area contributed by atoms with Crippen LogP contribution in [0, 0.1) is 0 Å². The molecule has 0 bridgehead atoms. The number of rotatable bonds is 2. The first-order chi connectivity index (χ1) is 9.65. The summed E-state index contributed by atoms with van der Waals surface area (Å²) in [6.45, 7) is 3.48. The van der Waals surface area contributed by atoms with Crippen LogP contribution in [0.5, 0.6) is 0 Å². The second-order valence-corrected chi connectivity index (χ2v) is 6.14. The number of carbonyl (C=O) groups excluding carboxylic acids is 1.